The van der Waals surface area contributed by atoms with E-state index in [4.69, 9.17) is 32.9 Å². The SMILES string of the molecule is Cc1ccc(/C(=N/OC2CCCC2)c2ccc(S(C)(=O)=O)c(Cl)c2)[nH]c1=O.Cc1ccc(/C(=N\OC2CCCC2)c2ccc(S(C)(=O)=O)c(Cl)c2)[nH]c1=O. The lowest BCUT2D eigenvalue weighted by Gasteiger charge is -2.12. The van der Waals surface area contributed by atoms with Gasteiger partial charge in [0.05, 0.1) is 31.2 Å². The van der Waals surface area contributed by atoms with Crippen LogP contribution in [-0.4, -0.2) is 62.9 Å². The van der Waals surface area contributed by atoms with Gasteiger partial charge >= 0.3 is 0 Å². The predicted molar refractivity (Wildman–Crippen MR) is 211 cm³/mol. The van der Waals surface area contributed by atoms with Gasteiger partial charge < -0.3 is 19.6 Å². The Morgan fingerprint density at radius 1 is 0.611 bits per heavy atom. The van der Waals surface area contributed by atoms with Crippen LogP contribution in [0, 0.1) is 13.8 Å². The zero-order valence-electron chi connectivity index (χ0n) is 30.3. The molecule has 2 heterocycles. The number of oxime groups is 2. The summed E-state index contributed by atoms with van der Waals surface area (Å²) >= 11 is 12.4. The second kappa shape index (κ2) is 17.5. The number of halogens is 2. The van der Waals surface area contributed by atoms with Crippen molar-refractivity contribution in [3.63, 3.8) is 0 Å². The molecule has 0 atom stereocenters. The van der Waals surface area contributed by atoms with Gasteiger partial charge in [0.25, 0.3) is 11.1 Å². The molecule has 6 rings (SSSR count). The van der Waals surface area contributed by atoms with E-state index in [1.807, 2.05) is 0 Å². The molecule has 2 aliphatic rings. The fourth-order valence-corrected chi connectivity index (χ4v) is 8.68. The first-order valence-corrected chi connectivity index (χ1v) is 21.9. The Kier molecular flexibility index (Phi) is 13.3. The Morgan fingerprint density at radius 2 is 0.963 bits per heavy atom. The van der Waals surface area contributed by atoms with Crippen LogP contribution in [0.4, 0.5) is 0 Å². The molecule has 0 amide bonds. The van der Waals surface area contributed by atoms with Gasteiger partial charge in [-0.25, -0.2) is 16.8 Å². The van der Waals surface area contributed by atoms with Crippen molar-refractivity contribution in [2.45, 2.75) is 87.2 Å². The minimum Gasteiger partial charge on any atom is -0.392 e. The highest BCUT2D eigenvalue weighted by molar-refractivity contribution is 7.91. The average molecular weight is 818 g/mol. The molecular formula is C38H42Cl2N4O8S2. The Morgan fingerprint density at radius 3 is 1.26 bits per heavy atom. The van der Waals surface area contributed by atoms with Crippen molar-refractivity contribution in [1.82, 2.24) is 9.97 Å². The van der Waals surface area contributed by atoms with Gasteiger partial charge in [-0.2, -0.15) is 0 Å². The lowest BCUT2D eigenvalue weighted by Crippen LogP contribution is -2.17. The Balaban J connectivity index is 0.000000208. The molecular weight excluding hydrogens is 775 g/mol. The van der Waals surface area contributed by atoms with Crippen molar-refractivity contribution in [3.05, 3.63) is 125 Å². The first-order valence-electron chi connectivity index (χ1n) is 17.4. The number of nitrogens with one attached hydrogen (secondary N) is 2. The first-order chi connectivity index (χ1) is 25.5. The van der Waals surface area contributed by atoms with Crippen molar-refractivity contribution in [2.24, 2.45) is 10.3 Å². The molecule has 0 aliphatic heterocycles. The van der Waals surface area contributed by atoms with Crippen LogP contribution in [0.2, 0.25) is 10.0 Å². The van der Waals surface area contributed by atoms with E-state index in [-0.39, 0.29) is 43.2 Å². The van der Waals surface area contributed by atoms with E-state index in [2.05, 4.69) is 20.3 Å². The number of hydrogen-bond acceptors (Lipinski definition) is 10. The summed E-state index contributed by atoms with van der Waals surface area (Å²) in [5.74, 6) is 0. The highest BCUT2D eigenvalue weighted by Gasteiger charge is 2.21. The van der Waals surface area contributed by atoms with Gasteiger partial charge in [0.2, 0.25) is 0 Å². The number of pyridine rings is 2. The molecule has 0 bridgehead atoms. The van der Waals surface area contributed by atoms with Gasteiger partial charge in [0.15, 0.2) is 19.7 Å². The van der Waals surface area contributed by atoms with E-state index >= 15 is 0 Å². The minimum absolute atomic E-state index is 0.0429. The van der Waals surface area contributed by atoms with Crippen molar-refractivity contribution >= 4 is 54.3 Å². The molecule has 2 saturated carbocycles. The van der Waals surface area contributed by atoms with Gasteiger partial charge in [-0.05, 0) is 102 Å². The molecule has 4 aromatic rings. The number of hydrogen-bond donors (Lipinski definition) is 2. The lowest BCUT2D eigenvalue weighted by molar-refractivity contribution is 0.0646. The van der Waals surface area contributed by atoms with E-state index < -0.39 is 19.7 Å². The number of benzene rings is 2. The van der Waals surface area contributed by atoms with Crippen molar-refractivity contribution in [3.8, 4) is 0 Å². The summed E-state index contributed by atoms with van der Waals surface area (Å²) in [5.41, 5.74) is 3.61. The topological polar surface area (TPSA) is 177 Å². The van der Waals surface area contributed by atoms with Crippen molar-refractivity contribution < 1.29 is 26.5 Å². The summed E-state index contributed by atoms with van der Waals surface area (Å²) in [7, 11) is -6.88. The van der Waals surface area contributed by atoms with Crippen LogP contribution >= 0.6 is 23.2 Å². The number of H-pyrrole nitrogens is 2. The molecule has 12 nitrogen and oxygen atoms in total. The van der Waals surface area contributed by atoms with Crippen LogP contribution in [-0.2, 0) is 29.3 Å². The van der Waals surface area contributed by atoms with Crippen molar-refractivity contribution in [2.75, 3.05) is 12.5 Å². The van der Waals surface area contributed by atoms with E-state index in [1.165, 1.54) is 24.3 Å². The molecule has 0 saturated heterocycles. The second-order valence-electron chi connectivity index (χ2n) is 13.5. The third-order valence-electron chi connectivity index (χ3n) is 9.12. The second-order valence-corrected chi connectivity index (χ2v) is 18.3. The molecule has 2 N–H and O–H groups in total. The largest absolute Gasteiger partial charge is 0.392 e. The van der Waals surface area contributed by atoms with Gasteiger partial charge in [0.1, 0.15) is 23.6 Å². The van der Waals surface area contributed by atoms with Crippen LogP contribution in [0.15, 0.2) is 90.4 Å². The Bertz CT molecular complexity index is 2240. The molecule has 0 spiro atoms. The summed E-state index contributed by atoms with van der Waals surface area (Å²) < 4.78 is 47.2. The van der Waals surface area contributed by atoms with Crippen LogP contribution < -0.4 is 11.1 Å². The van der Waals surface area contributed by atoms with Gasteiger partial charge in [-0.3, -0.25) is 9.59 Å². The summed E-state index contributed by atoms with van der Waals surface area (Å²) in [6, 6.07) is 16.0. The standard InChI is InChI=1S/2C19H21ClN2O4S/c2*1-12-7-9-16(21-19(12)23)18(22-26-14-5-3-4-6-14)13-8-10-17(15(20)11-13)27(2,24)25/h2*7-11,14H,3-6H2,1-2H3,(H,21,23)/b22-18+;22-18-. The van der Waals surface area contributed by atoms with Crippen LogP contribution in [0.5, 0.6) is 0 Å². The number of aromatic amines is 2. The summed E-state index contributed by atoms with van der Waals surface area (Å²) in [6.07, 6.45) is 10.5. The van der Waals surface area contributed by atoms with E-state index in [1.54, 1.807) is 50.2 Å². The monoisotopic (exact) mass is 816 g/mol. The highest BCUT2D eigenvalue weighted by Crippen LogP contribution is 2.27. The average Bonchev–Trinajstić information content (AvgIpc) is 3.83. The third kappa shape index (κ3) is 10.5. The molecule has 16 heteroatoms. The molecule has 2 aromatic carbocycles. The maximum absolute atomic E-state index is 12.0. The van der Waals surface area contributed by atoms with E-state index in [0.29, 0.717) is 45.1 Å². The van der Waals surface area contributed by atoms with Crippen LogP contribution in [0.25, 0.3) is 0 Å². The van der Waals surface area contributed by atoms with E-state index in [9.17, 15) is 26.4 Å². The van der Waals surface area contributed by atoms with E-state index in [0.717, 1.165) is 63.9 Å². The maximum Gasteiger partial charge on any atom is 0.251 e. The van der Waals surface area contributed by atoms with Gasteiger partial charge in [-0.1, -0.05) is 57.8 Å². The smallest absolute Gasteiger partial charge is 0.251 e. The zero-order chi connectivity index (χ0) is 39.2. The first kappa shape index (κ1) is 40.9. The molecule has 2 aromatic heterocycles. The Labute approximate surface area is 324 Å². The highest BCUT2D eigenvalue weighted by atomic mass is 35.5. The predicted octanol–water partition coefficient (Wildman–Crippen LogP) is 6.90. The Hall–Kier alpha value is -4.24. The maximum atomic E-state index is 12.0. The number of aryl methyl sites for hydroxylation is 2. The number of rotatable bonds is 10. The minimum atomic E-state index is -3.44. The zero-order valence-corrected chi connectivity index (χ0v) is 33.5. The number of sulfone groups is 2. The van der Waals surface area contributed by atoms with Gasteiger partial charge in [-0.15, -0.1) is 0 Å². The molecule has 288 valence electrons. The quantitative estimate of drug-likeness (QED) is 0.128. The third-order valence-corrected chi connectivity index (χ3v) is 12.3. The summed E-state index contributed by atoms with van der Waals surface area (Å²) in [5, 5.41) is 8.77. The van der Waals surface area contributed by atoms with Crippen LogP contribution in [0.3, 0.4) is 0 Å². The molecule has 0 unspecified atom stereocenters. The molecule has 0 radical (unpaired) electrons. The fraction of sp³-hybridized carbons (Fsp3) is 0.368. The van der Waals surface area contributed by atoms with Gasteiger partial charge in [0, 0.05) is 34.8 Å². The number of aromatic nitrogens is 2. The normalized spacial score (nSPS) is 15.9. The molecule has 2 aliphatic carbocycles. The number of nitrogens with zero attached hydrogens (tertiary/aromatic N) is 2. The summed E-state index contributed by atoms with van der Waals surface area (Å²) in [6.45, 7) is 3.43. The fourth-order valence-electron chi connectivity index (χ4n) is 6.02. The van der Waals surface area contributed by atoms with Crippen LogP contribution in [0.1, 0.15) is 85.0 Å². The lowest BCUT2D eigenvalue weighted by atomic mass is 10.1. The molecule has 54 heavy (non-hydrogen) atoms. The molecule has 2 fully saturated rings. The van der Waals surface area contributed by atoms with Crippen molar-refractivity contribution in [1.29, 1.82) is 0 Å². The summed E-state index contributed by atoms with van der Waals surface area (Å²) in [4.78, 5) is 41.1.